The number of nitrogens with one attached hydrogen (secondary N) is 1. The Balaban J connectivity index is 1.34. The lowest BCUT2D eigenvalue weighted by Gasteiger charge is -2.34. The molecule has 3 aromatic carbocycles. The molecule has 0 bridgehead atoms. The van der Waals surface area contributed by atoms with Gasteiger partial charge in [0.15, 0.2) is 11.5 Å². The van der Waals surface area contributed by atoms with Crippen LogP contribution in [0.1, 0.15) is 30.0 Å². The lowest BCUT2D eigenvalue weighted by atomic mass is 10.0. The van der Waals surface area contributed by atoms with E-state index in [1.54, 1.807) is 25.8 Å². The van der Waals surface area contributed by atoms with Gasteiger partial charge >= 0.3 is 5.69 Å². The molecule has 10 heteroatoms. The molecule has 0 unspecified atom stereocenters. The molecule has 0 saturated carbocycles. The molecule has 42 heavy (non-hydrogen) atoms. The van der Waals surface area contributed by atoms with Gasteiger partial charge in [0.2, 0.25) is 5.95 Å². The third-order valence-corrected chi connectivity index (χ3v) is 8.06. The molecule has 5 aromatic rings. The fraction of sp³-hybridized carbons (Fsp3) is 0.312. The van der Waals surface area contributed by atoms with Crippen LogP contribution in [0.3, 0.4) is 0 Å². The Morgan fingerprint density at radius 3 is 2.33 bits per heavy atom. The number of aryl methyl sites for hydroxylation is 2. The summed E-state index contributed by atoms with van der Waals surface area (Å²) < 4.78 is 14.2. The van der Waals surface area contributed by atoms with E-state index in [1.807, 2.05) is 67.6 Å². The Kier molecular flexibility index (Phi) is 7.28. The van der Waals surface area contributed by atoms with E-state index in [2.05, 4.69) is 10.2 Å². The average Bonchev–Trinajstić information content (AvgIpc) is 3.02. The van der Waals surface area contributed by atoms with Gasteiger partial charge in [0, 0.05) is 44.2 Å². The van der Waals surface area contributed by atoms with Crippen LogP contribution in [0.15, 0.2) is 70.3 Å². The third-order valence-electron chi connectivity index (χ3n) is 8.06. The van der Waals surface area contributed by atoms with Crippen LogP contribution >= 0.6 is 0 Å². The molecule has 2 aromatic heterocycles. The topological polar surface area (TPSA) is 104 Å². The number of nitrogens with zero attached hydrogens (tertiary/aromatic N) is 5. The van der Waals surface area contributed by atoms with E-state index in [4.69, 9.17) is 19.4 Å². The van der Waals surface area contributed by atoms with E-state index in [0.29, 0.717) is 60.8 Å². The standard InChI is InChI=1S/C32H34N6O4/c1-20-10-11-26-24(16-20)30(39)38(32(40)36(26)2)22-12-14-37(15-13-22)29-23-17-27(41-3)28(42-4)18-25(23)34-31(35-29)33-19-21-8-6-5-7-9-21/h5-11,16-18,22H,12-15,19H2,1-4H3,(H,33,34,35). The zero-order valence-corrected chi connectivity index (χ0v) is 24.3. The highest BCUT2D eigenvalue weighted by Crippen LogP contribution is 2.37. The van der Waals surface area contributed by atoms with Crippen LogP contribution in [-0.4, -0.2) is 46.4 Å². The average molecular weight is 567 g/mol. The van der Waals surface area contributed by atoms with Gasteiger partial charge in [-0.1, -0.05) is 42.0 Å². The molecule has 0 radical (unpaired) electrons. The monoisotopic (exact) mass is 566 g/mol. The molecule has 216 valence electrons. The molecule has 1 saturated heterocycles. The maximum absolute atomic E-state index is 13.5. The zero-order valence-electron chi connectivity index (χ0n) is 24.3. The van der Waals surface area contributed by atoms with Crippen molar-refractivity contribution in [2.75, 3.05) is 37.5 Å². The summed E-state index contributed by atoms with van der Waals surface area (Å²) in [6.07, 6.45) is 1.25. The van der Waals surface area contributed by atoms with Gasteiger partial charge in [0.05, 0.1) is 30.6 Å². The molecule has 1 aliphatic heterocycles. The first-order chi connectivity index (χ1) is 20.4. The van der Waals surface area contributed by atoms with Crippen molar-refractivity contribution in [1.29, 1.82) is 0 Å². The molecule has 1 aliphatic rings. The maximum Gasteiger partial charge on any atom is 0.331 e. The van der Waals surface area contributed by atoms with Crippen molar-refractivity contribution in [2.24, 2.45) is 7.05 Å². The van der Waals surface area contributed by atoms with E-state index in [-0.39, 0.29) is 17.3 Å². The number of piperidine rings is 1. The number of methoxy groups -OCH3 is 2. The fourth-order valence-corrected chi connectivity index (χ4v) is 5.79. The van der Waals surface area contributed by atoms with Crippen molar-refractivity contribution < 1.29 is 9.47 Å². The highest BCUT2D eigenvalue weighted by Gasteiger charge is 2.27. The minimum atomic E-state index is -0.286. The van der Waals surface area contributed by atoms with E-state index >= 15 is 0 Å². The molecule has 0 atom stereocenters. The number of hydrogen-bond donors (Lipinski definition) is 1. The van der Waals surface area contributed by atoms with Crippen molar-refractivity contribution in [3.63, 3.8) is 0 Å². The number of hydrogen-bond acceptors (Lipinski definition) is 8. The highest BCUT2D eigenvalue weighted by molar-refractivity contribution is 5.93. The predicted molar refractivity (Wildman–Crippen MR) is 165 cm³/mol. The number of ether oxygens (including phenoxy) is 2. The van der Waals surface area contributed by atoms with Crippen LogP contribution in [0.4, 0.5) is 11.8 Å². The summed E-state index contributed by atoms with van der Waals surface area (Å²) in [5, 5.41) is 4.77. The first-order valence-corrected chi connectivity index (χ1v) is 14.1. The van der Waals surface area contributed by atoms with Gasteiger partial charge in [0.1, 0.15) is 5.82 Å². The molecule has 0 aliphatic carbocycles. The van der Waals surface area contributed by atoms with Crippen LogP contribution in [-0.2, 0) is 13.6 Å². The second-order valence-corrected chi connectivity index (χ2v) is 10.7. The summed E-state index contributed by atoms with van der Waals surface area (Å²) >= 11 is 0. The maximum atomic E-state index is 13.5. The Labute approximate surface area is 243 Å². The Morgan fingerprint density at radius 1 is 0.905 bits per heavy atom. The summed E-state index contributed by atoms with van der Waals surface area (Å²) in [5.74, 6) is 2.45. The van der Waals surface area contributed by atoms with Gasteiger partial charge in [0.25, 0.3) is 5.56 Å². The number of fused-ring (bicyclic) bond motifs is 2. The van der Waals surface area contributed by atoms with E-state index < -0.39 is 0 Å². The lowest BCUT2D eigenvalue weighted by molar-refractivity contribution is 0.355. The minimum Gasteiger partial charge on any atom is -0.493 e. The summed E-state index contributed by atoms with van der Waals surface area (Å²) in [6, 6.07) is 19.3. The quantitative estimate of drug-likeness (QED) is 0.309. The minimum absolute atomic E-state index is 0.212. The van der Waals surface area contributed by atoms with E-state index in [0.717, 1.165) is 27.8 Å². The van der Waals surface area contributed by atoms with Crippen molar-refractivity contribution >= 4 is 33.6 Å². The fourth-order valence-electron chi connectivity index (χ4n) is 5.79. The molecule has 1 N–H and O–H groups in total. The Bertz CT molecular complexity index is 1890. The van der Waals surface area contributed by atoms with Crippen molar-refractivity contribution in [3.8, 4) is 11.5 Å². The predicted octanol–water partition coefficient (Wildman–Crippen LogP) is 4.42. The summed E-state index contributed by atoms with van der Waals surface area (Å²) in [5.41, 5.74) is 2.97. The van der Waals surface area contributed by atoms with Crippen LogP contribution in [0, 0.1) is 6.92 Å². The smallest absolute Gasteiger partial charge is 0.331 e. The van der Waals surface area contributed by atoms with Crippen molar-refractivity contribution in [1.82, 2.24) is 19.1 Å². The van der Waals surface area contributed by atoms with Crippen molar-refractivity contribution in [3.05, 3.63) is 92.6 Å². The van der Waals surface area contributed by atoms with Gasteiger partial charge in [-0.2, -0.15) is 4.98 Å². The molecule has 0 amide bonds. The number of rotatable bonds is 7. The SMILES string of the molecule is COc1cc2nc(NCc3ccccc3)nc(N3CCC(n4c(=O)c5cc(C)ccc5n(C)c4=O)CC3)c2cc1OC. The molecule has 0 spiro atoms. The highest BCUT2D eigenvalue weighted by atomic mass is 16.5. The van der Waals surface area contributed by atoms with Gasteiger partial charge in [-0.3, -0.25) is 13.9 Å². The number of aromatic nitrogens is 4. The first kappa shape index (κ1) is 27.3. The Morgan fingerprint density at radius 2 is 1.62 bits per heavy atom. The second kappa shape index (κ2) is 11.2. The van der Waals surface area contributed by atoms with Crippen LogP contribution in [0.25, 0.3) is 21.8 Å². The van der Waals surface area contributed by atoms with Crippen molar-refractivity contribution in [2.45, 2.75) is 32.4 Å². The van der Waals surface area contributed by atoms with Crippen LogP contribution in [0.5, 0.6) is 11.5 Å². The lowest BCUT2D eigenvalue weighted by Crippen LogP contribution is -2.45. The van der Waals surface area contributed by atoms with E-state index in [9.17, 15) is 9.59 Å². The molecule has 10 nitrogen and oxygen atoms in total. The molecular weight excluding hydrogens is 532 g/mol. The third kappa shape index (κ3) is 4.93. The summed E-state index contributed by atoms with van der Waals surface area (Å²) in [6.45, 7) is 3.76. The zero-order chi connectivity index (χ0) is 29.4. The number of anilines is 2. The summed E-state index contributed by atoms with van der Waals surface area (Å²) in [4.78, 5) is 38.8. The largest absolute Gasteiger partial charge is 0.493 e. The van der Waals surface area contributed by atoms with Gasteiger partial charge < -0.3 is 19.7 Å². The summed E-state index contributed by atoms with van der Waals surface area (Å²) in [7, 11) is 4.93. The van der Waals surface area contributed by atoms with Gasteiger partial charge in [-0.05, 0) is 43.5 Å². The van der Waals surface area contributed by atoms with Gasteiger partial charge in [-0.15, -0.1) is 0 Å². The van der Waals surface area contributed by atoms with Crippen LogP contribution in [0.2, 0.25) is 0 Å². The second-order valence-electron chi connectivity index (χ2n) is 10.7. The molecule has 3 heterocycles. The van der Waals surface area contributed by atoms with E-state index in [1.165, 1.54) is 4.57 Å². The first-order valence-electron chi connectivity index (χ1n) is 14.1. The molecule has 6 rings (SSSR count). The molecular formula is C32H34N6O4. The normalized spacial score (nSPS) is 14.0. The molecule has 1 fully saturated rings. The number of benzene rings is 3. The van der Waals surface area contributed by atoms with Gasteiger partial charge in [-0.25, -0.2) is 9.78 Å². The van der Waals surface area contributed by atoms with Crippen LogP contribution < -0.4 is 30.9 Å². The Hall–Kier alpha value is -4.86.